The summed E-state index contributed by atoms with van der Waals surface area (Å²) in [5, 5.41) is 18.8. The molecule has 5 N–H and O–H groups in total. The van der Waals surface area contributed by atoms with Gasteiger partial charge < -0.3 is 20.9 Å². The van der Waals surface area contributed by atoms with Crippen LogP contribution in [0.2, 0.25) is 0 Å². The van der Waals surface area contributed by atoms with Crippen LogP contribution in [0, 0.1) is 6.92 Å². The van der Waals surface area contributed by atoms with Gasteiger partial charge in [-0.05, 0) is 13.3 Å². The monoisotopic (exact) mass is 199 g/mol. The highest BCUT2D eigenvalue weighted by molar-refractivity contribution is 5.17. The van der Waals surface area contributed by atoms with Crippen molar-refractivity contribution in [3.05, 3.63) is 17.2 Å². The van der Waals surface area contributed by atoms with Crippen LogP contribution >= 0.6 is 0 Å². The Morgan fingerprint density at radius 2 is 2.21 bits per heavy atom. The molecule has 0 saturated carbocycles. The van der Waals surface area contributed by atoms with Crippen LogP contribution in [0.1, 0.15) is 36.7 Å². The fourth-order valence-corrected chi connectivity index (χ4v) is 1.35. The van der Waals surface area contributed by atoms with Crippen LogP contribution in [0.4, 0.5) is 0 Å². The summed E-state index contributed by atoms with van der Waals surface area (Å²) in [4.78, 5) is 6.98. The minimum absolute atomic E-state index is 0.163. The Hall–Kier alpha value is -0.910. The largest absolute Gasteiger partial charge is 0.390 e. The molecule has 0 aliphatic rings. The van der Waals surface area contributed by atoms with E-state index in [1.54, 1.807) is 6.92 Å². The first-order chi connectivity index (χ1) is 6.60. The van der Waals surface area contributed by atoms with Gasteiger partial charge in [0.05, 0.1) is 18.0 Å². The first kappa shape index (κ1) is 11.2. The number of aliphatic hydroxyl groups is 2. The summed E-state index contributed by atoms with van der Waals surface area (Å²) >= 11 is 0. The number of aromatic nitrogens is 2. The second-order valence-corrected chi connectivity index (χ2v) is 3.36. The van der Waals surface area contributed by atoms with E-state index in [4.69, 9.17) is 10.8 Å². The zero-order valence-corrected chi connectivity index (χ0v) is 8.49. The number of aromatic amines is 1. The zero-order chi connectivity index (χ0) is 10.7. The average molecular weight is 199 g/mol. The maximum Gasteiger partial charge on any atom is 0.113 e. The van der Waals surface area contributed by atoms with Crippen molar-refractivity contribution in [2.75, 3.05) is 0 Å². The van der Waals surface area contributed by atoms with Gasteiger partial charge in [-0.25, -0.2) is 4.98 Å². The number of hydrogen-bond acceptors (Lipinski definition) is 4. The standard InChI is InChI=1S/C9H17N3O2/c1-3-6(10)9(14)8-7(4-13)11-5(2)12-8/h6,9,13-14H,3-4,10H2,1-2H3,(H,11,12). The van der Waals surface area contributed by atoms with Crippen LogP contribution in [-0.4, -0.2) is 26.2 Å². The first-order valence-electron chi connectivity index (χ1n) is 4.70. The lowest BCUT2D eigenvalue weighted by atomic mass is 10.1. The van der Waals surface area contributed by atoms with Crippen molar-refractivity contribution < 1.29 is 10.2 Å². The molecule has 0 fully saturated rings. The van der Waals surface area contributed by atoms with Gasteiger partial charge in [-0.1, -0.05) is 6.92 Å². The third-order valence-corrected chi connectivity index (χ3v) is 2.24. The third-order valence-electron chi connectivity index (χ3n) is 2.24. The van der Waals surface area contributed by atoms with Crippen molar-refractivity contribution in [3.63, 3.8) is 0 Å². The molecular weight excluding hydrogens is 182 g/mol. The molecule has 0 aliphatic heterocycles. The van der Waals surface area contributed by atoms with Crippen molar-refractivity contribution >= 4 is 0 Å². The quantitative estimate of drug-likeness (QED) is 0.548. The highest BCUT2D eigenvalue weighted by Gasteiger charge is 2.21. The number of hydrogen-bond donors (Lipinski definition) is 4. The second kappa shape index (κ2) is 4.54. The van der Waals surface area contributed by atoms with Crippen molar-refractivity contribution in [3.8, 4) is 0 Å². The van der Waals surface area contributed by atoms with E-state index in [2.05, 4.69) is 9.97 Å². The number of rotatable bonds is 4. The van der Waals surface area contributed by atoms with E-state index in [1.165, 1.54) is 0 Å². The van der Waals surface area contributed by atoms with Gasteiger partial charge in [-0.2, -0.15) is 0 Å². The van der Waals surface area contributed by atoms with Gasteiger partial charge in [0, 0.05) is 6.04 Å². The number of nitrogens with one attached hydrogen (secondary N) is 1. The van der Waals surface area contributed by atoms with Crippen molar-refractivity contribution in [1.82, 2.24) is 9.97 Å². The van der Waals surface area contributed by atoms with E-state index in [1.807, 2.05) is 6.92 Å². The molecule has 0 saturated heterocycles. The van der Waals surface area contributed by atoms with Crippen LogP contribution in [0.25, 0.3) is 0 Å². The summed E-state index contributed by atoms with van der Waals surface area (Å²) in [7, 11) is 0. The van der Waals surface area contributed by atoms with Crippen LogP contribution in [0.5, 0.6) is 0 Å². The summed E-state index contributed by atoms with van der Waals surface area (Å²) in [6.07, 6.45) is -0.148. The number of imidazole rings is 1. The summed E-state index contributed by atoms with van der Waals surface area (Å²) < 4.78 is 0. The Morgan fingerprint density at radius 1 is 1.57 bits per heavy atom. The number of H-pyrrole nitrogens is 1. The first-order valence-corrected chi connectivity index (χ1v) is 4.70. The number of nitrogens with two attached hydrogens (primary N) is 1. The number of aryl methyl sites for hydroxylation is 1. The van der Waals surface area contributed by atoms with E-state index in [9.17, 15) is 5.11 Å². The topological polar surface area (TPSA) is 95.2 Å². The molecule has 1 heterocycles. The molecular formula is C9H17N3O2. The van der Waals surface area contributed by atoms with E-state index < -0.39 is 6.10 Å². The molecule has 0 aromatic carbocycles. The maximum atomic E-state index is 9.80. The average Bonchev–Trinajstić information content (AvgIpc) is 2.57. The molecule has 2 unspecified atom stereocenters. The van der Waals surface area contributed by atoms with Gasteiger partial charge in [-0.15, -0.1) is 0 Å². The van der Waals surface area contributed by atoms with Crippen LogP contribution in [-0.2, 0) is 6.61 Å². The normalized spacial score (nSPS) is 15.5. The van der Waals surface area contributed by atoms with Crippen molar-refractivity contribution in [2.45, 2.75) is 39.0 Å². The molecule has 0 spiro atoms. The SMILES string of the molecule is CCC(N)C(O)c1nc(C)[nH]c1CO. The van der Waals surface area contributed by atoms with Gasteiger partial charge in [-0.3, -0.25) is 0 Å². The Balaban J connectivity index is 2.93. The minimum Gasteiger partial charge on any atom is -0.390 e. The molecule has 0 aliphatic carbocycles. The van der Waals surface area contributed by atoms with Crippen molar-refractivity contribution in [2.24, 2.45) is 5.73 Å². The predicted octanol–water partition coefficient (Wildman–Crippen LogP) is -0.0189. The van der Waals surface area contributed by atoms with E-state index in [-0.39, 0.29) is 12.6 Å². The van der Waals surface area contributed by atoms with Gasteiger partial charge in [0.2, 0.25) is 0 Å². The molecule has 2 atom stereocenters. The maximum absolute atomic E-state index is 9.80. The lowest BCUT2D eigenvalue weighted by Crippen LogP contribution is -2.28. The van der Waals surface area contributed by atoms with Crippen LogP contribution in [0.15, 0.2) is 0 Å². The van der Waals surface area contributed by atoms with E-state index in [0.717, 1.165) is 0 Å². The Kier molecular flexibility index (Phi) is 3.62. The smallest absolute Gasteiger partial charge is 0.113 e. The summed E-state index contributed by atoms with van der Waals surface area (Å²) in [6.45, 7) is 3.50. The molecule has 0 bridgehead atoms. The van der Waals surface area contributed by atoms with Gasteiger partial charge in [0.15, 0.2) is 0 Å². The van der Waals surface area contributed by atoms with Gasteiger partial charge in [0.25, 0.3) is 0 Å². The molecule has 1 aromatic heterocycles. The molecule has 1 rings (SSSR count). The molecule has 80 valence electrons. The second-order valence-electron chi connectivity index (χ2n) is 3.36. The molecule has 0 amide bonds. The Labute approximate surface area is 83.0 Å². The molecule has 14 heavy (non-hydrogen) atoms. The summed E-state index contributed by atoms with van der Waals surface area (Å²) in [5.74, 6) is 0.673. The van der Waals surface area contributed by atoms with E-state index in [0.29, 0.717) is 23.6 Å². The summed E-state index contributed by atoms with van der Waals surface area (Å²) in [5.41, 5.74) is 6.69. The minimum atomic E-state index is -0.813. The third kappa shape index (κ3) is 2.12. The molecule has 5 nitrogen and oxygen atoms in total. The Morgan fingerprint density at radius 3 is 2.71 bits per heavy atom. The predicted molar refractivity (Wildman–Crippen MR) is 52.5 cm³/mol. The molecule has 0 radical (unpaired) electrons. The van der Waals surface area contributed by atoms with Crippen molar-refractivity contribution in [1.29, 1.82) is 0 Å². The molecule has 1 aromatic rings. The zero-order valence-electron chi connectivity index (χ0n) is 8.49. The lowest BCUT2D eigenvalue weighted by molar-refractivity contribution is 0.137. The van der Waals surface area contributed by atoms with E-state index >= 15 is 0 Å². The fourth-order valence-electron chi connectivity index (χ4n) is 1.35. The van der Waals surface area contributed by atoms with Gasteiger partial charge >= 0.3 is 0 Å². The van der Waals surface area contributed by atoms with Gasteiger partial charge in [0.1, 0.15) is 11.9 Å². The Bertz CT molecular complexity index is 298. The van der Waals surface area contributed by atoms with Crippen LogP contribution in [0.3, 0.4) is 0 Å². The highest BCUT2D eigenvalue weighted by atomic mass is 16.3. The highest BCUT2D eigenvalue weighted by Crippen LogP contribution is 2.19. The molecule has 5 heteroatoms. The number of nitrogens with zero attached hydrogens (tertiary/aromatic N) is 1. The number of aliphatic hydroxyl groups excluding tert-OH is 2. The lowest BCUT2D eigenvalue weighted by Gasteiger charge is -2.15. The fraction of sp³-hybridized carbons (Fsp3) is 0.667. The summed E-state index contributed by atoms with van der Waals surface area (Å²) in [6, 6.07) is -0.344. The van der Waals surface area contributed by atoms with Crippen LogP contribution < -0.4 is 5.73 Å².